The molecule has 0 aliphatic heterocycles. The Kier molecular flexibility index (Phi) is 4.31. The predicted molar refractivity (Wildman–Crippen MR) is 68.1 cm³/mol. The van der Waals surface area contributed by atoms with Crippen molar-refractivity contribution >= 4 is 22.5 Å². The van der Waals surface area contributed by atoms with Crippen LogP contribution in [-0.4, -0.2) is 23.3 Å². The van der Waals surface area contributed by atoms with Crippen LogP contribution in [0.2, 0.25) is 5.15 Å². The van der Waals surface area contributed by atoms with Crippen LogP contribution in [0.3, 0.4) is 0 Å². The van der Waals surface area contributed by atoms with Crippen molar-refractivity contribution in [2.75, 3.05) is 13.2 Å². The number of fused-ring (bicyclic) bond motifs is 1. The van der Waals surface area contributed by atoms with Gasteiger partial charge in [0.1, 0.15) is 5.15 Å². The van der Waals surface area contributed by atoms with Crippen LogP contribution < -0.4 is 0 Å². The number of nitrogens with zero attached hydrogens (tertiary/aromatic N) is 1. The second-order valence-corrected chi connectivity index (χ2v) is 4.18. The summed E-state index contributed by atoms with van der Waals surface area (Å²) in [4.78, 5) is 4.25. The van der Waals surface area contributed by atoms with E-state index in [4.69, 9.17) is 21.4 Å². The maximum absolute atomic E-state index is 8.63. The third-order valence-electron chi connectivity index (χ3n) is 2.44. The quantitative estimate of drug-likeness (QED) is 0.656. The molecule has 0 aliphatic carbocycles. The van der Waals surface area contributed by atoms with Crippen molar-refractivity contribution in [1.29, 1.82) is 0 Å². The molecule has 0 radical (unpaired) electrons. The van der Waals surface area contributed by atoms with Crippen LogP contribution in [0.1, 0.15) is 12.0 Å². The van der Waals surface area contributed by atoms with Crippen LogP contribution in [0.5, 0.6) is 0 Å². The lowest BCUT2D eigenvalue weighted by molar-refractivity contribution is 0.104. The molecule has 0 amide bonds. The van der Waals surface area contributed by atoms with Crippen molar-refractivity contribution in [2.45, 2.75) is 13.0 Å². The van der Waals surface area contributed by atoms with Gasteiger partial charge in [0.25, 0.3) is 0 Å². The van der Waals surface area contributed by atoms with E-state index in [9.17, 15) is 0 Å². The van der Waals surface area contributed by atoms with Gasteiger partial charge in [-0.3, -0.25) is 0 Å². The van der Waals surface area contributed by atoms with Gasteiger partial charge in [-0.15, -0.1) is 0 Å². The molecule has 2 aromatic rings. The van der Waals surface area contributed by atoms with Crippen molar-refractivity contribution in [2.24, 2.45) is 0 Å². The van der Waals surface area contributed by atoms with Crippen LogP contribution in [0, 0.1) is 0 Å². The summed E-state index contributed by atoms with van der Waals surface area (Å²) in [5.74, 6) is 0. The third kappa shape index (κ3) is 3.40. The first-order chi connectivity index (χ1) is 8.29. The van der Waals surface area contributed by atoms with E-state index in [-0.39, 0.29) is 6.61 Å². The molecular weight excluding hydrogens is 238 g/mol. The maximum atomic E-state index is 8.63. The van der Waals surface area contributed by atoms with Crippen LogP contribution in [0.15, 0.2) is 30.3 Å². The zero-order valence-electron chi connectivity index (χ0n) is 9.40. The van der Waals surface area contributed by atoms with E-state index in [1.165, 1.54) is 0 Å². The van der Waals surface area contributed by atoms with Gasteiger partial charge in [0.05, 0.1) is 12.1 Å². The second kappa shape index (κ2) is 5.96. The summed E-state index contributed by atoms with van der Waals surface area (Å²) in [5, 5.41) is 10.2. The zero-order chi connectivity index (χ0) is 12.1. The molecule has 1 N–H and O–H groups in total. The number of hydrogen-bond donors (Lipinski definition) is 1. The van der Waals surface area contributed by atoms with Gasteiger partial charge in [-0.1, -0.05) is 23.7 Å². The van der Waals surface area contributed by atoms with Crippen molar-refractivity contribution in [3.05, 3.63) is 41.0 Å². The molecular formula is C13H14ClNO2. The molecule has 0 atom stereocenters. The number of aromatic nitrogens is 1. The Balaban J connectivity index is 2.08. The lowest BCUT2D eigenvalue weighted by Crippen LogP contribution is -1.97. The van der Waals surface area contributed by atoms with E-state index in [0.717, 1.165) is 16.5 Å². The van der Waals surface area contributed by atoms with E-state index in [0.29, 0.717) is 24.8 Å². The average Bonchev–Trinajstić information content (AvgIpc) is 2.34. The normalized spacial score (nSPS) is 10.9. The van der Waals surface area contributed by atoms with Gasteiger partial charge in [0, 0.05) is 18.6 Å². The Hall–Kier alpha value is -1.16. The van der Waals surface area contributed by atoms with E-state index in [1.807, 2.05) is 24.3 Å². The number of aliphatic hydroxyl groups excluding tert-OH is 1. The molecule has 0 aliphatic rings. The summed E-state index contributed by atoms with van der Waals surface area (Å²) < 4.78 is 5.42. The Morgan fingerprint density at radius 3 is 2.88 bits per heavy atom. The molecule has 0 saturated carbocycles. The SMILES string of the molecule is OCCCOCc1ccc2ccc(Cl)nc2c1. The number of rotatable bonds is 5. The van der Waals surface area contributed by atoms with Crippen LogP contribution >= 0.6 is 11.6 Å². The molecule has 1 aromatic heterocycles. The topological polar surface area (TPSA) is 42.4 Å². The van der Waals surface area contributed by atoms with Gasteiger partial charge in [-0.05, 0) is 30.2 Å². The Labute approximate surface area is 105 Å². The fourth-order valence-electron chi connectivity index (χ4n) is 1.58. The first-order valence-corrected chi connectivity index (χ1v) is 5.91. The lowest BCUT2D eigenvalue weighted by Gasteiger charge is -2.05. The van der Waals surface area contributed by atoms with Gasteiger partial charge < -0.3 is 9.84 Å². The van der Waals surface area contributed by atoms with Crippen LogP contribution in [-0.2, 0) is 11.3 Å². The highest BCUT2D eigenvalue weighted by atomic mass is 35.5. The highest BCUT2D eigenvalue weighted by Crippen LogP contribution is 2.17. The van der Waals surface area contributed by atoms with Crippen molar-refractivity contribution in [3.63, 3.8) is 0 Å². The largest absolute Gasteiger partial charge is 0.396 e. The van der Waals surface area contributed by atoms with Gasteiger partial charge in [0.2, 0.25) is 0 Å². The fraction of sp³-hybridized carbons (Fsp3) is 0.308. The van der Waals surface area contributed by atoms with Crippen LogP contribution in [0.4, 0.5) is 0 Å². The number of pyridine rings is 1. The third-order valence-corrected chi connectivity index (χ3v) is 2.65. The number of halogens is 1. The fourth-order valence-corrected chi connectivity index (χ4v) is 1.74. The highest BCUT2D eigenvalue weighted by molar-refractivity contribution is 6.29. The number of benzene rings is 1. The standard InChI is InChI=1S/C13H14ClNO2/c14-13-5-4-11-3-2-10(8-12(11)15-13)9-17-7-1-6-16/h2-5,8,16H,1,6-7,9H2. The minimum absolute atomic E-state index is 0.162. The Morgan fingerprint density at radius 1 is 1.24 bits per heavy atom. The van der Waals surface area contributed by atoms with Crippen molar-refractivity contribution in [3.8, 4) is 0 Å². The molecule has 1 aromatic carbocycles. The van der Waals surface area contributed by atoms with Gasteiger partial charge in [-0.25, -0.2) is 4.98 Å². The van der Waals surface area contributed by atoms with Gasteiger partial charge in [0.15, 0.2) is 0 Å². The van der Waals surface area contributed by atoms with Gasteiger partial charge >= 0.3 is 0 Å². The van der Waals surface area contributed by atoms with Crippen LogP contribution in [0.25, 0.3) is 10.9 Å². The lowest BCUT2D eigenvalue weighted by atomic mass is 10.1. The second-order valence-electron chi connectivity index (χ2n) is 3.79. The van der Waals surface area contributed by atoms with E-state index >= 15 is 0 Å². The molecule has 0 spiro atoms. The smallest absolute Gasteiger partial charge is 0.129 e. The molecule has 2 rings (SSSR count). The Bertz CT molecular complexity index is 502. The minimum atomic E-state index is 0.162. The number of hydrogen-bond acceptors (Lipinski definition) is 3. The molecule has 90 valence electrons. The summed E-state index contributed by atoms with van der Waals surface area (Å²) in [6.07, 6.45) is 0.664. The summed E-state index contributed by atoms with van der Waals surface area (Å²) in [6.45, 7) is 1.26. The summed E-state index contributed by atoms with van der Waals surface area (Å²) in [6, 6.07) is 9.71. The molecule has 1 heterocycles. The molecule has 17 heavy (non-hydrogen) atoms. The first-order valence-electron chi connectivity index (χ1n) is 5.53. The maximum Gasteiger partial charge on any atom is 0.129 e. The highest BCUT2D eigenvalue weighted by Gasteiger charge is 1.99. The van der Waals surface area contributed by atoms with E-state index < -0.39 is 0 Å². The molecule has 4 heteroatoms. The predicted octanol–water partition coefficient (Wildman–Crippen LogP) is 2.79. The molecule has 0 bridgehead atoms. The first kappa shape index (κ1) is 12.3. The summed E-state index contributed by atoms with van der Waals surface area (Å²) in [5.41, 5.74) is 1.94. The monoisotopic (exact) mass is 251 g/mol. The summed E-state index contributed by atoms with van der Waals surface area (Å²) in [7, 11) is 0. The molecule has 3 nitrogen and oxygen atoms in total. The molecule has 0 unspecified atom stereocenters. The molecule has 0 saturated heterocycles. The summed E-state index contributed by atoms with van der Waals surface area (Å²) >= 11 is 5.85. The van der Waals surface area contributed by atoms with Crippen molar-refractivity contribution in [1.82, 2.24) is 4.98 Å². The number of ether oxygens (including phenoxy) is 1. The van der Waals surface area contributed by atoms with E-state index in [1.54, 1.807) is 6.07 Å². The van der Waals surface area contributed by atoms with Crippen molar-refractivity contribution < 1.29 is 9.84 Å². The van der Waals surface area contributed by atoms with E-state index in [2.05, 4.69) is 4.98 Å². The van der Waals surface area contributed by atoms with Gasteiger partial charge in [-0.2, -0.15) is 0 Å². The number of aliphatic hydroxyl groups is 1. The molecule has 0 fully saturated rings. The Morgan fingerprint density at radius 2 is 2.06 bits per heavy atom. The minimum Gasteiger partial charge on any atom is -0.396 e. The zero-order valence-corrected chi connectivity index (χ0v) is 10.2. The average molecular weight is 252 g/mol.